The van der Waals surface area contributed by atoms with Crippen LogP contribution in [0.1, 0.15) is 43.6 Å². The van der Waals surface area contributed by atoms with Gasteiger partial charge >= 0.3 is 6.03 Å². The molecule has 0 bridgehead atoms. The van der Waals surface area contributed by atoms with Crippen molar-refractivity contribution in [2.75, 3.05) is 5.32 Å². The van der Waals surface area contributed by atoms with Gasteiger partial charge in [-0.3, -0.25) is 0 Å². The molecule has 6 nitrogen and oxygen atoms in total. The van der Waals surface area contributed by atoms with E-state index in [2.05, 4.69) is 15.6 Å². The van der Waals surface area contributed by atoms with Crippen molar-refractivity contribution in [2.45, 2.75) is 44.2 Å². The van der Waals surface area contributed by atoms with E-state index in [1.807, 2.05) is 0 Å². The van der Waals surface area contributed by atoms with E-state index >= 15 is 0 Å². The first kappa shape index (κ1) is 13.8. The monoisotopic (exact) mass is 320 g/mol. The molecule has 7 heteroatoms. The number of anilines is 1. The number of oxazole rings is 1. The molecule has 1 fully saturated rings. The summed E-state index contributed by atoms with van der Waals surface area (Å²) < 4.78 is 5.85. The van der Waals surface area contributed by atoms with Crippen molar-refractivity contribution in [2.24, 2.45) is 5.73 Å². The summed E-state index contributed by atoms with van der Waals surface area (Å²) in [5, 5.41) is 6.41. The van der Waals surface area contributed by atoms with Crippen LogP contribution in [0.4, 0.5) is 10.5 Å². The number of urea groups is 1. The molecule has 0 saturated heterocycles. The zero-order valence-corrected chi connectivity index (χ0v) is 12.8. The second kappa shape index (κ2) is 4.86. The number of carbonyl (C=O) groups excluding carboxylic acids is 1. The van der Waals surface area contributed by atoms with Crippen LogP contribution in [0.5, 0.6) is 0 Å². The van der Waals surface area contributed by atoms with E-state index in [9.17, 15) is 4.79 Å². The molecular formula is C15H17ClN4O2. The third-order valence-corrected chi connectivity index (χ3v) is 4.93. The van der Waals surface area contributed by atoms with Gasteiger partial charge in [-0.05, 0) is 18.9 Å². The SMILES string of the molecule is NCc1nc2cc(Cl)c3c(c2o1)C1(CCCCC1)NC(=O)N3. The standard InChI is InChI=1S/C15H17ClN4O2/c16-8-6-9-13(22-10(7-17)18-9)11-12(8)19-14(21)20-15(11)4-2-1-3-5-15/h6H,1-5,7,17H2,(H2,19,20,21). The molecule has 1 spiro atoms. The topological polar surface area (TPSA) is 93.2 Å². The molecule has 2 amide bonds. The first-order valence-electron chi connectivity index (χ1n) is 7.54. The molecule has 2 aromatic rings. The molecular weight excluding hydrogens is 304 g/mol. The number of rotatable bonds is 1. The highest BCUT2D eigenvalue weighted by Crippen LogP contribution is 2.48. The molecule has 2 aliphatic rings. The number of benzene rings is 1. The minimum atomic E-state index is -0.426. The van der Waals surface area contributed by atoms with Crippen LogP contribution in [-0.4, -0.2) is 11.0 Å². The van der Waals surface area contributed by atoms with Crippen molar-refractivity contribution in [3.05, 3.63) is 22.5 Å². The molecule has 1 aromatic heterocycles. The second-order valence-electron chi connectivity index (χ2n) is 5.99. The molecule has 22 heavy (non-hydrogen) atoms. The highest BCUT2D eigenvalue weighted by atomic mass is 35.5. The molecule has 4 N–H and O–H groups in total. The molecule has 0 atom stereocenters. The second-order valence-corrected chi connectivity index (χ2v) is 6.40. The normalized spacial score (nSPS) is 19.8. The molecule has 0 radical (unpaired) electrons. The predicted molar refractivity (Wildman–Crippen MR) is 83.8 cm³/mol. The van der Waals surface area contributed by atoms with Crippen molar-refractivity contribution in [3.8, 4) is 0 Å². The van der Waals surface area contributed by atoms with Crippen molar-refractivity contribution >= 4 is 34.4 Å². The number of nitrogens with zero attached hydrogens (tertiary/aromatic N) is 1. The number of hydrogen-bond donors (Lipinski definition) is 3. The fraction of sp³-hybridized carbons (Fsp3) is 0.467. The zero-order chi connectivity index (χ0) is 15.3. The summed E-state index contributed by atoms with van der Waals surface area (Å²) >= 11 is 6.39. The maximum absolute atomic E-state index is 12.1. The van der Waals surface area contributed by atoms with Gasteiger partial charge in [0.15, 0.2) is 5.58 Å². The molecule has 116 valence electrons. The Labute approximate surface area is 132 Å². The Morgan fingerprint density at radius 1 is 1.36 bits per heavy atom. The Hall–Kier alpha value is -1.79. The van der Waals surface area contributed by atoms with Crippen LogP contribution in [0.15, 0.2) is 10.5 Å². The Bertz CT molecular complexity index is 764. The van der Waals surface area contributed by atoms with E-state index in [0.717, 1.165) is 31.2 Å². The van der Waals surface area contributed by atoms with Crippen molar-refractivity contribution < 1.29 is 9.21 Å². The van der Waals surface area contributed by atoms with Crippen molar-refractivity contribution in [3.63, 3.8) is 0 Å². The van der Waals surface area contributed by atoms with Gasteiger partial charge in [0, 0.05) is 5.56 Å². The highest BCUT2D eigenvalue weighted by Gasteiger charge is 2.43. The summed E-state index contributed by atoms with van der Waals surface area (Å²) in [7, 11) is 0. The molecule has 0 unspecified atom stereocenters. The smallest absolute Gasteiger partial charge is 0.319 e. The Morgan fingerprint density at radius 3 is 2.86 bits per heavy atom. The minimum Gasteiger partial charge on any atom is -0.439 e. The van der Waals surface area contributed by atoms with Gasteiger partial charge in [0.1, 0.15) is 5.52 Å². The number of nitrogens with two attached hydrogens (primary N) is 1. The zero-order valence-electron chi connectivity index (χ0n) is 12.0. The van der Waals surface area contributed by atoms with E-state index in [4.69, 9.17) is 21.8 Å². The van der Waals surface area contributed by atoms with Gasteiger partial charge in [-0.15, -0.1) is 0 Å². The van der Waals surface area contributed by atoms with E-state index in [1.54, 1.807) is 6.07 Å². The predicted octanol–water partition coefficient (Wildman–Crippen LogP) is 3.23. The summed E-state index contributed by atoms with van der Waals surface area (Å²) in [6.07, 6.45) is 5.05. The number of nitrogens with one attached hydrogen (secondary N) is 2. The first-order valence-corrected chi connectivity index (χ1v) is 7.92. The molecule has 4 rings (SSSR count). The van der Waals surface area contributed by atoms with E-state index in [0.29, 0.717) is 27.7 Å². The van der Waals surface area contributed by atoms with Crippen LogP contribution in [-0.2, 0) is 12.1 Å². The number of halogens is 1. The Kier molecular flexibility index (Phi) is 3.06. The first-order chi connectivity index (χ1) is 10.6. The van der Waals surface area contributed by atoms with Crippen LogP contribution in [0, 0.1) is 0 Å². The van der Waals surface area contributed by atoms with Gasteiger partial charge in [-0.2, -0.15) is 0 Å². The van der Waals surface area contributed by atoms with Crippen LogP contribution in [0.25, 0.3) is 11.1 Å². The van der Waals surface area contributed by atoms with E-state index in [-0.39, 0.29) is 12.6 Å². The van der Waals surface area contributed by atoms with Crippen molar-refractivity contribution in [1.29, 1.82) is 0 Å². The van der Waals surface area contributed by atoms with Gasteiger partial charge < -0.3 is 20.8 Å². The lowest BCUT2D eigenvalue weighted by atomic mass is 9.74. The van der Waals surface area contributed by atoms with Gasteiger partial charge in [0.05, 0.1) is 22.8 Å². The number of hydrogen-bond acceptors (Lipinski definition) is 4. The minimum absolute atomic E-state index is 0.214. The average molecular weight is 321 g/mol. The molecule has 1 aliphatic carbocycles. The van der Waals surface area contributed by atoms with Gasteiger partial charge in [-0.1, -0.05) is 30.9 Å². The number of aromatic nitrogens is 1. The Balaban J connectivity index is 2.03. The van der Waals surface area contributed by atoms with Crippen LogP contribution in [0.2, 0.25) is 5.02 Å². The molecule has 1 aromatic carbocycles. The summed E-state index contributed by atoms with van der Waals surface area (Å²) in [6.45, 7) is 0.230. The van der Waals surface area contributed by atoms with Crippen LogP contribution >= 0.6 is 11.6 Å². The third kappa shape index (κ3) is 1.90. The van der Waals surface area contributed by atoms with Crippen LogP contribution < -0.4 is 16.4 Å². The number of carbonyl (C=O) groups is 1. The molecule has 1 saturated carbocycles. The lowest BCUT2D eigenvalue weighted by Crippen LogP contribution is -2.52. The van der Waals surface area contributed by atoms with Gasteiger partial charge in [0.2, 0.25) is 5.89 Å². The number of amides is 2. The summed E-state index contributed by atoms with van der Waals surface area (Å²) in [5.74, 6) is 0.474. The quantitative estimate of drug-likeness (QED) is 0.752. The summed E-state index contributed by atoms with van der Waals surface area (Å²) in [4.78, 5) is 16.5. The highest BCUT2D eigenvalue weighted by molar-refractivity contribution is 6.35. The molecule has 1 aliphatic heterocycles. The van der Waals surface area contributed by atoms with E-state index in [1.165, 1.54) is 6.42 Å². The lowest BCUT2D eigenvalue weighted by Gasteiger charge is -2.42. The largest absolute Gasteiger partial charge is 0.439 e. The van der Waals surface area contributed by atoms with Crippen molar-refractivity contribution in [1.82, 2.24) is 10.3 Å². The third-order valence-electron chi connectivity index (χ3n) is 4.63. The Morgan fingerprint density at radius 2 is 2.14 bits per heavy atom. The van der Waals surface area contributed by atoms with Gasteiger partial charge in [-0.25, -0.2) is 9.78 Å². The van der Waals surface area contributed by atoms with Gasteiger partial charge in [0.25, 0.3) is 0 Å². The average Bonchev–Trinajstić information content (AvgIpc) is 2.90. The summed E-state index contributed by atoms with van der Waals surface area (Å²) in [6, 6.07) is 1.51. The molecule has 2 heterocycles. The van der Waals surface area contributed by atoms with Crippen LogP contribution in [0.3, 0.4) is 0 Å². The number of fused-ring (bicyclic) bond motifs is 4. The maximum Gasteiger partial charge on any atom is 0.319 e. The fourth-order valence-electron chi connectivity index (χ4n) is 3.70. The maximum atomic E-state index is 12.1. The van der Waals surface area contributed by atoms with E-state index < -0.39 is 5.54 Å². The lowest BCUT2D eigenvalue weighted by molar-refractivity contribution is 0.209. The summed E-state index contributed by atoms with van der Waals surface area (Å²) in [5.41, 5.74) is 8.14. The fourth-order valence-corrected chi connectivity index (χ4v) is 3.95.